The van der Waals surface area contributed by atoms with E-state index < -0.39 is 5.60 Å². The predicted molar refractivity (Wildman–Crippen MR) is 99.5 cm³/mol. The Hall–Kier alpha value is -1.89. The zero-order valence-corrected chi connectivity index (χ0v) is 15.9. The third-order valence-corrected chi connectivity index (χ3v) is 5.91. The molecule has 2 aliphatic rings. The number of hydrogen-bond donors (Lipinski definition) is 0. The lowest BCUT2D eigenvalue weighted by Crippen LogP contribution is -2.50. The maximum atomic E-state index is 12.2. The van der Waals surface area contributed by atoms with Gasteiger partial charge < -0.3 is 14.5 Å². The van der Waals surface area contributed by atoms with Crippen LogP contribution in [0.5, 0.6) is 0 Å². The molecule has 1 aliphatic heterocycles. The first-order valence-corrected chi connectivity index (χ1v) is 9.72. The maximum absolute atomic E-state index is 12.2. The Morgan fingerprint density at radius 2 is 1.92 bits per heavy atom. The molecule has 1 amide bonds. The van der Waals surface area contributed by atoms with E-state index in [4.69, 9.17) is 4.74 Å². The van der Waals surface area contributed by atoms with Gasteiger partial charge in [0.25, 0.3) is 0 Å². The summed E-state index contributed by atoms with van der Waals surface area (Å²) in [5.74, 6) is 1.04. The number of carbonyl (C=O) groups is 1. The first-order chi connectivity index (χ1) is 11.9. The van der Waals surface area contributed by atoms with Crippen LogP contribution in [0, 0.1) is 0 Å². The van der Waals surface area contributed by atoms with Crippen molar-refractivity contribution in [1.82, 2.24) is 14.9 Å². The Kier molecular flexibility index (Phi) is 4.06. The largest absolute Gasteiger partial charge is 0.444 e. The van der Waals surface area contributed by atoms with Gasteiger partial charge in [-0.05, 0) is 45.6 Å². The molecule has 0 spiro atoms. The van der Waals surface area contributed by atoms with E-state index in [0.29, 0.717) is 13.1 Å². The molecule has 2 aromatic heterocycles. The highest BCUT2D eigenvalue weighted by Crippen LogP contribution is 2.40. The number of aryl methyl sites for hydroxylation is 2. The maximum Gasteiger partial charge on any atom is 0.410 e. The van der Waals surface area contributed by atoms with Gasteiger partial charge >= 0.3 is 6.09 Å². The monoisotopic (exact) mass is 360 g/mol. The zero-order valence-electron chi connectivity index (χ0n) is 15.0. The minimum Gasteiger partial charge on any atom is -0.444 e. The van der Waals surface area contributed by atoms with Gasteiger partial charge in [0.1, 0.15) is 22.6 Å². The molecular formula is C18H24N4O2S. The second-order valence-corrected chi connectivity index (χ2v) is 8.77. The topological polar surface area (TPSA) is 58.6 Å². The van der Waals surface area contributed by atoms with Crippen LogP contribution in [0.4, 0.5) is 10.6 Å². The lowest BCUT2D eigenvalue weighted by molar-refractivity contribution is 0.0240. The number of piperazine rings is 1. The molecule has 0 radical (unpaired) electrons. The molecule has 0 N–H and O–H groups in total. The van der Waals surface area contributed by atoms with E-state index in [1.807, 2.05) is 32.1 Å². The molecule has 1 aliphatic carbocycles. The van der Waals surface area contributed by atoms with Crippen LogP contribution in [0.3, 0.4) is 0 Å². The Bertz CT molecular complexity index is 803. The van der Waals surface area contributed by atoms with Crippen molar-refractivity contribution >= 4 is 33.5 Å². The van der Waals surface area contributed by atoms with Crippen molar-refractivity contribution in [3.63, 3.8) is 0 Å². The molecule has 0 atom stereocenters. The predicted octanol–water partition coefficient (Wildman–Crippen LogP) is 3.24. The Labute approximate surface area is 151 Å². The summed E-state index contributed by atoms with van der Waals surface area (Å²) in [6.07, 6.45) is 4.98. The molecule has 6 nitrogen and oxygen atoms in total. The highest BCUT2D eigenvalue weighted by atomic mass is 32.1. The summed E-state index contributed by atoms with van der Waals surface area (Å²) in [7, 11) is 0. The quantitative estimate of drug-likeness (QED) is 0.781. The van der Waals surface area contributed by atoms with E-state index in [1.165, 1.54) is 28.7 Å². The van der Waals surface area contributed by atoms with Gasteiger partial charge in [-0.1, -0.05) is 0 Å². The smallest absolute Gasteiger partial charge is 0.410 e. The third kappa shape index (κ3) is 3.17. The second-order valence-electron chi connectivity index (χ2n) is 7.69. The van der Waals surface area contributed by atoms with Gasteiger partial charge in [0.05, 0.1) is 5.39 Å². The normalized spacial score (nSPS) is 17.9. The summed E-state index contributed by atoms with van der Waals surface area (Å²) in [5, 5.41) is 1.24. The fourth-order valence-electron chi connectivity index (χ4n) is 3.58. The Morgan fingerprint density at radius 1 is 1.16 bits per heavy atom. The van der Waals surface area contributed by atoms with Gasteiger partial charge in [-0.15, -0.1) is 11.3 Å². The van der Waals surface area contributed by atoms with Gasteiger partial charge in [0, 0.05) is 31.1 Å². The summed E-state index contributed by atoms with van der Waals surface area (Å²) in [6, 6.07) is 0. The lowest BCUT2D eigenvalue weighted by atomic mass is 10.1. The van der Waals surface area contributed by atoms with E-state index >= 15 is 0 Å². The van der Waals surface area contributed by atoms with Crippen molar-refractivity contribution in [1.29, 1.82) is 0 Å². The Balaban J connectivity index is 1.52. The average molecular weight is 360 g/mol. The van der Waals surface area contributed by atoms with Gasteiger partial charge in [-0.2, -0.15) is 0 Å². The number of nitrogens with zero attached hydrogens (tertiary/aromatic N) is 4. The summed E-state index contributed by atoms with van der Waals surface area (Å²) in [4.78, 5) is 28.0. The van der Waals surface area contributed by atoms with E-state index in [0.717, 1.165) is 30.2 Å². The van der Waals surface area contributed by atoms with Crippen LogP contribution < -0.4 is 4.90 Å². The summed E-state index contributed by atoms with van der Waals surface area (Å²) >= 11 is 1.81. The molecule has 7 heteroatoms. The van der Waals surface area contributed by atoms with Crippen molar-refractivity contribution in [2.45, 2.75) is 45.6 Å². The fourth-order valence-corrected chi connectivity index (χ4v) is 4.80. The van der Waals surface area contributed by atoms with Crippen molar-refractivity contribution in [2.75, 3.05) is 31.1 Å². The molecule has 1 fully saturated rings. The van der Waals surface area contributed by atoms with Crippen LogP contribution in [0.15, 0.2) is 6.33 Å². The van der Waals surface area contributed by atoms with E-state index in [2.05, 4.69) is 14.9 Å². The van der Waals surface area contributed by atoms with Crippen LogP contribution in [0.2, 0.25) is 0 Å². The molecule has 4 rings (SSSR count). The second kappa shape index (κ2) is 6.12. The molecule has 1 saturated heterocycles. The van der Waals surface area contributed by atoms with Gasteiger partial charge in [-0.3, -0.25) is 0 Å². The highest BCUT2D eigenvalue weighted by Gasteiger charge is 2.29. The van der Waals surface area contributed by atoms with Crippen molar-refractivity contribution in [3.8, 4) is 0 Å². The van der Waals surface area contributed by atoms with Gasteiger partial charge in [-0.25, -0.2) is 14.8 Å². The standard InChI is InChI=1S/C18H24N4O2S/c1-18(2,3)24-17(23)22-9-7-21(8-10-22)15-14-12-5-4-6-13(12)25-16(14)20-11-19-15/h11H,4-10H2,1-3H3. The number of hydrogen-bond acceptors (Lipinski definition) is 6. The van der Waals surface area contributed by atoms with Gasteiger partial charge in [0.15, 0.2) is 0 Å². The number of amides is 1. The summed E-state index contributed by atoms with van der Waals surface area (Å²) in [5.41, 5.74) is 0.995. The minimum absolute atomic E-state index is 0.226. The number of carbonyl (C=O) groups excluding carboxylic acids is 1. The first-order valence-electron chi connectivity index (χ1n) is 8.90. The number of fused-ring (bicyclic) bond motifs is 3. The highest BCUT2D eigenvalue weighted by molar-refractivity contribution is 7.19. The van der Waals surface area contributed by atoms with E-state index in [9.17, 15) is 4.79 Å². The number of rotatable bonds is 1. The molecule has 25 heavy (non-hydrogen) atoms. The third-order valence-electron chi connectivity index (χ3n) is 4.71. The molecule has 0 bridgehead atoms. The van der Waals surface area contributed by atoms with Crippen molar-refractivity contribution < 1.29 is 9.53 Å². The van der Waals surface area contributed by atoms with E-state index in [1.54, 1.807) is 11.2 Å². The van der Waals surface area contributed by atoms with Gasteiger partial charge in [0.2, 0.25) is 0 Å². The summed E-state index contributed by atoms with van der Waals surface area (Å²) in [6.45, 7) is 8.56. The SMILES string of the molecule is CC(C)(C)OC(=O)N1CCN(c2ncnc3sc4c(c23)CCC4)CC1. The van der Waals surface area contributed by atoms with Crippen LogP contribution in [0.25, 0.3) is 10.2 Å². The number of aromatic nitrogens is 2. The number of ether oxygens (including phenoxy) is 1. The van der Waals surface area contributed by atoms with Crippen LogP contribution in [0.1, 0.15) is 37.6 Å². The van der Waals surface area contributed by atoms with E-state index in [-0.39, 0.29) is 6.09 Å². The minimum atomic E-state index is -0.454. The van der Waals surface area contributed by atoms with Crippen LogP contribution in [-0.2, 0) is 17.6 Å². The molecular weight excluding hydrogens is 336 g/mol. The number of anilines is 1. The lowest BCUT2D eigenvalue weighted by Gasteiger charge is -2.36. The average Bonchev–Trinajstić information content (AvgIpc) is 3.13. The van der Waals surface area contributed by atoms with Crippen molar-refractivity contribution in [3.05, 3.63) is 16.8 Å². The Morgan fingerprint density at radius 3 is 2.64 bits per heavy atom. The number of thiophene rings is 1. The van der Waals surface area contributed by atoms with Crippen LogP contribution in [-0.4, -0.2) is 52.7 Å². The molecule has 2 aromatic rings. The van der Waals surface area contributed by atoms with Crippen LogP contribution >= 0.6 is 11.3 Å². The van der Waals surface area contributed by atoms with Crippen molar-refractivity contribution in [2.24, 2.45) is 0 Å². The molecule has 0 saturated carbocycles. The fraction of sp³-hybridized carbons (Fsp3) is 0.611. The molecule has 3 heterocycles. The molecule has 0 unspecified atom stereocenters. The molecule has 134 valence electrons. The summed E-state index contributed by atoms with van der Waals surface area (Å²) < 4.78 is 5.48. The zero-order chi connectivity index (χ0) is 17.6. The molecule has 0 aromatic carbocycles. The first kappa shape index (κ1) is 16.6.